The van der Waals surface area contributed by atoms with E-state index in [9.17, 15) is 9.90 Å². The molecule has 0 aliphatic rings. The number of aromatic nitrogens is 1. The molecule has 0 spiro atoms. The lowest BCUT2D eigenvalue weighted by Crippen LogP contribution is -2.15. The van der Waals surface area contributed by atoms with Gasteiger partial charge < -0.3 is 14.7 Å². The summed E-state index contributed by atoms with van der Waals surface area (Å²) in [5, 5.41) is 11.9. The van der Waals surface area contributed by atoms with E-state index in [4.69, 9.17) is 4.74 Å². The summed E-state index contributed by atoms with van der Waals surface area (Å²) in [6.07, 6.45) is 0. The smallest absolute Gasteiger partial charge is 0.347 e. The molecular formula is C12H13BrN2O3S2. The molecule has 2 heterocycles. The van der Waals surface area contributed by atoms with Crippen molar-refractivity contribution in [2.75, 3.05) is 19.1 Å². The molecular weight excluding hydrogens is 364 g/mol. The van der Waals surface area contributed by atoms with Gasteiger partial charge in [0, 0.05) is 20.7 Å². The van der Waals surface area contributed by atoms with Crippen molar-refractivity contribution >= 4 is 49.7 Å². The van der Waals surface area contributed by atoms with Gasteiger partial charge in [-0.15, -0.1) is 11.3 Å². The summed E-state index contributed by atoms with van der Waals surface area (Å²) in [5.41, 5.74) is 1.63. The van der Waals surface area contributed by atoms with Gasteiger partial charge in [0.25, 0.3) is 0 Å². The van der Waals surface area contributed by atoms with Crippen molar-refractivity contribution < 1.29 is 14.6 Å². The normalized spacial score (nSPS) is 10.8. The van der Waals surface area contributed by atoms with Crippen LogP contribution in [0.15, 0.2) is 15.2 Å². The maximum atomic E-state index is 11.2. The average Bonchev–Trinajstić information content (AvgIpc) is 2.96. The molecule has 2 rings (SSSR count). The molecule has 2 aromatic rings. The van der Waals surface area contributed by atoms with E-state index in [0.29, 0.717) is 17.4 Å². The lowest BCUT2D eigenvalue weighted by Gasteiger charge is -2.14. The van der Waals surface area contributed by atoms with E-state index in [-0.39, 0.29) is 11.5 Å². The molecule has 0 saturated heterocycles. The van der Waals surface area contributed by atoms with Crippen molar-refractivity contribution in [2.45, 2.75) is 13.2 Å². The van der Waals surface area contributed by atoms with Crippen LogP contribution in [0.2, 0.25) is 0 Å². The molecule has 0 aromatic carbocycles. The Hall–Kier alpha value is -0.960. The van der Waals surface area contributed by atoms with Crippen molar-refractivity contribution in [3.63, 3.8) is 0 Å². The Balaban J connectivity index is 2.19. The van der Waals surface area contributed by atoms with E-state index in [1.54, 1.807) is 11.3 Å². The number of carbonyl (C=O) groups is 1. The van der Waals surface area contributed by atoms with Crippen molar-refractivity contribution in [3.05, 3.63) is 31.4 Å². The summed E-state index contributed by atoms with van der Waals surface area (Å²) < 4.78 is 6.07. The third-order valence-corrected chi connectivity index (χ3v) is 5.28. The summed E-state index contributed by atoms with van der Waals surface area (Å²) in [4.78, 5) is 17.7. The number of nitrogens with zero attached hydrogens (tertiary/aromatic N) is 2. The number of thiophene rings is 1. The minimum absolute atomic E-state index is 0.204. The molecule has 1 N–H and O–H groups in total. The number of rotatable bonds is 6. The highest BCUT2D eigenvalue weighted by Crippen LogP contribution is 2.28. The maximum Gasteiger partial charge on any atom is 0.347 e. The maximum absolute atomic E-state index is 11.2. The van der Waals surface area contributed by atoms with E-state index in [1.165, 1.54) is 18.4 Å². The van der Waals surface area contributed by atoms with Crippen LogP contribution in [0.25, 0.3) is 0 Å². The van der Waals surface area contributed by atoms with Crippen LogP contribution in [0.4, 0.5) is 5.13 Å². The second-order valence-corrected chi connectivity index (χ2v) is 7.39. The van der Waals surface area contributed by atoms with Crippen LogP contribution >= 0.6 is 38.6 Å². The van der Waals surface area contributed by atoms with E-state index in [1.807, 2.05) is 18.0 Å². The van der Waals surface area contributed by atoms with Crippen molar-refractivity contribution in [3.8, 4) is 0 Å². The van der Waals surface area contributed by atoms with Gasteiger partial charge in [-0.2, -0.15) is 0 Å². The summed E-state index contributed by atoms with van der Waals surface area (Å²) in [7, 11) is 3.42. The number of halogens is 1. The van der Waals surface area contributed by atoms with Crippen LogP contribution < -0.4 is 4.90 Å². The summed E-state index contributed by atoms with van der Waals surface area (Å²) >= 11 is 6.22. The molecule has 108 valence electrons. The first-order chi connectivity index (χ1) is 9.51. The quantitative estimate of drug-likeness (QED) is 0.836. The Morgan fingerprint density at radius 2 is 2.35 bits per heavy atom. The predicted molar refractivity (Wildman–Crippen MR) is 83.9 cm³/mol. The number of methoxy groups -OCH3 is 1. The number of hydrogen-bond acceptors (Lipinski definition) is 6. The van der Waals surface area contributed by atoms with Gasteiger partial charge in [-0.1, -0.05) is 11.3 Å². The van der Waals surface area contributed by atoms with Gasteiger partial charge in [-0.05, 0) is 32.9 Å². The van der Waals surface area contributed by atoms with Crippen molar-refractivity contribution in [1.82, 2.24) is 4.98 Å². The van der Waals surface area contributed by atoms with Gasteiger partial charge in [-0.3, -0.25) is 0 Å². The molecule has 0 bridgehead atoms. The Kier molecular flexibility index (Phi) is 5.14. The first-order valence-corrected chi connectivity index (χ1v) is 8.16. The van der Waals surface area contributed by atoms with Crippen molar-refractivity contribution in [2.24, 2.45) is 0 Å². The van der Waals surface area contributed by atoms with Crippen LogP contribution in [0.3, 0.4) is 0 Å². The molecule has 20 heavy (non-hydrogen) atoms. The number of aromatic carboxylic acids is 1. The first kappa shape index (κ1) is 15.4. The summed E-state index contributed by atoms with van der Waals surface area (Å²) in [6, 6.07) is 2.04. The highest BCUT2D eigenvalue weighted by Gasteiger charge is 2.19. The van der Waals surface area contributed by atoms with E-state index in [0.717, 1.165) is 9.35 Å². The zero-order valence-corrected chi connectivity index (χ0v) is 14.1. The van der Waals surface area contributed by atoms with Crippen LogP contribution in [-0.2, 0) is 17.9 Å². The number of hydrogen-bond donors (Lipinski definition) is 1. The second-order valence-electron chi connectivity index (χ2n) is 4.13. The first-order valence-electron chi connectivity index (χ1n) is 5.67. The van der Waals surface area contributed by atoms with Gasteiger partial charge in [-0.25, -0.2) is 9.78 Å². The van der Waals surface area contributed by atoms with E-state index >= 15 is 0 Å². The van der Waals surface area contributed by atoms with Crippen LogP contribution in [0, 0.1) is 0 Å². The molecule has 8 heteroatoms. The Labute approximate surface area is 133 Å². The lowest BCUT2D eigenvalue weighted by molar-refractivity contribution is 0.0697. The standard InChI is InChI=1S/C12H13BrN2O3S2/c1-15(4-7-3-9(13)19-6-7)12-14-8(5-18-2)10(20-12)11(16)17/h3,6H,4-5H2,1-2H3,(H,16,17). The molecule has 0 amide bonds. The van der Waals surface area contributed by atoms with Gasteiger partial charge in [0.1, 0.15) is 4.88 Å². The van der Waals surface area contributed by atoms with Gasteiger partial charge in [0.15, 0.2) is 5.13 Å². The highest BCUT2D eigenvalue weighted by atomic mass is 79.9. The number of thiazole rings is 1. The zero-order chi connectivity index (χ0) is 14.7. The van der Waals surface area contributed by atoms with Gasteiger partial charge >= 0.3 is 5.97 Å². The van der Waals surface area contributed by atoms with Gasteiger partial charge in [0.05, 0.1) is 16.1 Å². The number of carboxylic acid groups (broad SMARTS) is 1. The molecule has 0 atom stereocenters. The number of ether oxygens (including phenoxy) is 1. The predicted octanol–water partition coefficient (Wildman–Crippen LogP) is 3.45. The van der Waals surface area contributed by atoms with Crippen LogP contribution in [-0.4, -0.2) is 30.2 Å². The number of anilines is 1. The fourth-order valence-electron chi connectivity index (χ4n) is 1.67. The average molecular weight is 377 g/mol. The fraction of sp³-hybridized carbons (Fsp3) is 0.333. The Bertz CT molecular complexity index is 612. The topological polar surface area (TPSA) is 62.7 Å². The molecule has 0 unspecified atom stereocenters. The molecule has 0 aliphatic carbocycles. The monoisotopic (exact) mass is 376 g/mol. The summed E-state index contributed by atoms with van der Waals surface area (Å²) in [5.74, 6) is -0.965. The molecule has 0 radical (unpaired) electrons. The Morgan fingerprint density at radius 3 is 2.90 bits per heavy atom. The largest absolute Gasteiger partial charge is 0.477 e. The molecule has 5 nitrogen and oxygen atoms in total. The van der Waals surface area contributed by atoms with E-state index in [2.05, 4.69) is 26.3 Å². The molecule has 0 aliphatic heterocycles. The number of carboxylic acids is 1. The molecule has 2 aromatic heterocycles. The molecule has 0 saturated carbocycles. The fourth-order valence-corrected chi connectivity index (χ4v) is 3.74. The van der Waals surface area contributed by atoms with E-state index < -0.39 is 5.97 Å². The minimum Gasteiger partial charge on any atom is -0.477 e. The lowest BCUT2D eigenvalue weighted by atomic mass is 10.3. The SMILES string of the molecule is COCc1nc(N(C)Cc2csc(Br)c2)sc1C(=O)O. The van der Waals surface area contributed by atoms with Crippen LogP contribution in [0.5, 0.6) is 0 Å². The van der Waals surface area contributed by atoms with Gasteiger partial charge in [0.2, 0.25) is 0 Å². The zero-order valence-electron chi connectivity index (χ0n) is 10.9. The minimum atomic E-state index is -0.965. The Morgan fingerprint density at radius 1 is 1.60 bits per heavy atom. The summed E-state index contributed by atoms with van der Waals surface area (Å²) in [6.45, 7) is 0.886. The second kappa shape index (κ2) is 6.66. The molecule has 0 fully saturated rings. The third-order valence-electron chi connectivity index (χ3n) is 2.53. The third kappa shape index (κ3) is 3.57. The highest BCUT2D eigenvalue weighted by molar-refractivity contribution is 9.11. The van der Waals surface area contributed by atoms with Crippen LogP contribution in [0.1, 0.15) is 20.9 Å². The van der Waals surface area contributed by atoms with Crippen molar-refractivity contribution in [1.29, 1.82) is 0 Å².